The highest BCUT2D eigenvalue weighted by molar-refractivity contribution is 7.99. The van der Waals surface area contributed by atoms with Gasteiger partial charge in [0.25, 0.3) is 0 Å². The number of thioether (sulfide) groups is 1. The molecule has 1 N–H and O–H groups in total. The molecule has 0 bridgehead atoms. The van der Waals surface area contributed by atoms with E-state index in [1.54, 1.807) is 20.3 Å². The molecule has 1 fully saturated rings. The third-order valence-corrected chi connectivity index (χ3v) is 5.97. The molecule has 0 saturated heterocycles. The van der Waals surface area contributed by atoms with E-state index in [4.69, 9.17) is 9.47 Å². The highest BCUT2D eigenvalue weighted by Gasteiger charge is 2.25. The highest BCUT2D eigenvalue weighted by atomic mass is 32.2. The first-order valence-corrected chi connectivity index (χ1v) is 10.8. The van der Waals surface area contributed by atoms with Crippen molar-refractivity contribution < 1.29 is 14.3 Å². The zero-order valence-electron chi connectivity index (χ0n) is 17.0. The Balaban J connectivity index is 1.91. The Morgan fingerprint density at radius 2 is 2.00 bits per heavy atom. The van der Waals surface area contributed by atoms with Gasteiger partial charge in [-0.2, -0.15) is 0 Å². The van der Waals surface area contributed by atoms with Crippen molar-refractivity contribution in [3.63, 3.8) is 0 Å². The van der Waals surface area contributed by atoms with Gasteiger partial charge in [0.1, 0.15) is 0 Å². The lowest BCUT2D eigenvalue weighted by Crippen LogP contribution is -2.25. The number of methoxy groups -OCH3 is 2. The van der Waals surface area contributed by atoms with Crippen molar-refractivity contribution in [3.05, 3.63) is 30.9 Å². The molecule has 0 atom stereocenters. The summed E-state index contributed by atoms with van der Waals surface area (Å²) < 4.78 is 13.0. The van der Waals surface area contributed by atoms with Crippen LogP contribution < -0.4 is 14.8 Å². The Morgan fingerprint density at radius 1 is 1.24 bits per heavy atom. The number of hydrogen-bond acceptors (Lipinski definition) is 6. The number of nitrogens with zero attached hydrogens (tertiary/aromatic N) is 3. The molecule has 7 nitrogen and oxygen atoms in total. The predicted octanol–water partition coefficient (Wildman–Crippen LogP) is 3.86. The van der Waals surface area contributed by atoms with Crippen LogP contribution in [0, 0.1) is 0 Å². The first kappa shape index (κ1) is 21.2. The number of ether oxygens (including phenoxy) is 2. The summed E-state index contributed by atoms with van der Waals surface area (Å²) in [6, 6.07) is 6.10. The van der Waals surface area contributed by atoms with E-state index in [0.717, 1.165) is 29.4 Å². The fourth-order valence-electron chi connectivity index (χ4n) is 3.58. The van der Waals surface area contributed by atoms with Gasteiger partial charge in [-0.05, 0) is 31.0 Å². The second-order valence-electron chi connectivity index (χ2n) is 6.92. The van der Waals surface area contributed by atoms with Crippen molar-refractivity contribution in [2.45, 2.75) is 43.3 Å². The van der Waals surface area contributed by atoms with E-state index in [1.807, 2.05) is 18.2 Å². The summed E-state index contributed by atoms with van der Waals surface area (Å²) in [6.07, 6.45) is 7.50. The molecule has 1 aromatic carbocycles. The standard InChI is InChI=1S/C21H28N4O3S/c1-4-12-22-19(26)14-29-21-24-23-20(25(21)16-8-6-5-7-9-16)15-10-11-17(27-2)18(13-15)28-3/h4,10-11,13,16H,1,5-9,12,14H2,2-3H3,(H,22,26). The summed E-state index contributed by atoms with van der Waals surface area (Å²) >= 11 is 1.42. The average Bonchev–Trinajstić information content (AvgIpc) is 3.20. The highest BCUT2D eigenvalue weighted by Crippen LogP contribution is 2.37. The Bertz CT molecular complexity index is 846. The van der Waals surface area contributed by atoms with Gasteiger partial charge in [0, 0.05) is 18.2 Å². The van der Waals surface area contributed by atoms with Gasteiger partial charge in [-0.3, -0.25) is 9.36 Å². The van der Waals surface area contributed by atoms with Crippen LogP contribution in [0.2, 0.25) is 0 Å². The van der Waals surface area contributed by atoms with Crippen LogP contribution in [-0.4, -0.2) is 47.2 Å². The Labute approximate surface area is 175 Å². The summed E-state index contributed by atoms with van der Waals surface area (Å²) in [4.78, 5) is 12.0. The minimum atomic E-state index is -0.0410. The third kappa shape index (κ3) is 5.12. The molecule has 3 rings (SSSR count). The van der Waals surface area contributed by atoms with Crippen molar-refractivity contribution in [1.29, 1.82) is 0 Å². The van der Waals surface area contributed by atoms with Crippen molar-refractivity contribution in [2.24, 2.45) is 0 Å². The first-order valence-electron chi connectivity index (χ1n) is 9.85. The molecular formula is C21H28N4O3S. The second kappa shape index (κ2) is 10.3. The molecule has 156 valence electrons. The van der Waals surface area contributed by atoms with Gasteiger partial charge in [0.05, 0.1) is 20.0 Å². The Morgan fingerprint density at radius 3 is 2.69 bits per heavy atom. The molecule has 2 aromatic rings. The Hall–Kier alpha value is -2.48. The number of benzene rings is 1. The maximum absolute atomic E-state index is 12.0. The lowest BCUT2D eigenvalue weighted by Gasteiger charge is -2.25. The fraction of sp³-hybridized carbons (Fsp3) is 0.476. The molecule has 1 saturated carbocycles. The predicted molar refractivity (Wildman–Crippen MR) is 115 cm³/mol. The molecule has 1 amide bonds. The average molecular weight is 417 g/mol. The molecular weight excluding hydrogens is 388 g/mol. The fourth-order valence-corrected chi connectivity index (χ4v) is 4.42. The number of carbonyl (C=O) groups is 1. The number of nitrogens with one attached hydrogen (secondary N) is 1. The molecule has 8 heteroatoms. The van der Waals surface area contributed by atoms with Gasteiger partial charge in [-0.25, -0.2) is 0 Å². The van der Waals surface area contributed by atoms with Crippen LogP contribution >= 0.6 is 11.8 Å². The lowest BCUT2D eigenvalue weighted by atomic mass is 9.95. The van der Waals surface area contributed by atoms with Crippen molar-refractivity contribution in [2.75, 3.05) is 26.5 Å². The quantitative estimate of drug-likeness (QED) is 0.494. The molecule has 1 aliphatic carbocycles. The van der Waals surface area contributed by atoms with Crippen molar-refractivity contribution >= 4 is 17.7 Å². The van der Waals surface area contributed by atoms with Crippen LogP contribution in [-0.2, 0) is 4.79 Å². The summed E-state index contributed by atoms with van der Waals surface area (Å²) in [5.41, 5.74) is 0.920. The summed E-state index contributed by atoms with van der Waals surface area (Å²) in [5.74, 6) is 2.38. The number of rotatable bonds is 9. The number of hydrogen-bond donors (Lipinski definition) is 1. The van der Waals surface area contributed by atoms with Gasteiger partial charge in [0.2, 0.25) is 5.91 Å². The van der Waals surface area contributed by atoms with Gasteiger partial charge in [0.15, 0.2) is 22.5 Å². The van der Waals surface area contributed by atoms with Gasteiger partial charge >= 0.3 is 0 Å². The van der Waals surface area contributed by atoms with Crippen molar-refractivity contribution in [1.82, 2.24) is 20.1 Å². The largest absolute Gasteiger partial charge is 0.493 e. The number of aromatic nitrogens is 3. The normalized spacial score (nSPS) is 14.4. The molecule has 0 aliphatic heterocycles. The van der Waals surface area contributed by atoms with E-state index in [0.29, 0.717) is 29.8 Å². The third-order valence-electron chi connectivity index (χ3n) is 5.02. The van der Waals surface area contributed by atoms with E-state index < -0.39 is 0 Å². The number of amides is 1. The summed E-state index contributed by atoms with van der Waals surface area (Å²) in [5, 5.41) is 12.5. The summed E-state index contributed by atoms with van der Waals surface area (Å²) in [6.45, 7) is 4.09. The van der Waals surface area contributed by atoms with Crippen LogP contribution in [0.15, 0.2) is 36.0 Å². The molecule has 1 aromatic heterocycles. The van der Waals surface area contributed by atoms with Gasteiger partial charge in [-0.15, -0.1) is 16.8 Å². The Kier molecular flexibility index (Phi) is 7.57. The first-order chi connectivity index (χ1) is 14.2. The maximum atomic E-state index is 12.0. The maximum Gasteiger partial charge on any atom is 0.230 e. The molecule has 0 spiro atoms. The minimum Gasteiger partial charge on any atom is -0.493 e. The van der Waals surface area contributed by atoms with Crippen LogP contribution in [0.5, 0.6) is 11.5 Å². The zero-order chi connectivity index (χ0) is 20.6. The van der Waals surface area contributed by atoms with E-state index in [-0.39, 0.29) is 5.91 Å². The molecule has 1 heterocycles. The van der Waals surface area contributed by atoms with Gasteiger partial charge in [-0.1, -0.05) is 37.1 Å². The smallest absolute Gasteiger partial charge is 0.230 e. The van der Waals surface area contributed by atoms with Crippen LogP contribution in [0.4, 0.5) is 0 Å². The molecule has 0 radical (unpaired) electrons. The number of carbonyl (C=O) groups excluding carboxylic acids is 1. The van der Waals surface area contributed by atoms with E-state index in [2.05, 4.69) is 26.7 Å². The summed E-state index contributed by atoms with van der Waals surface area (Å²) in [7, 11) is 3.24. The molecule has 0 unspecified atom stereocenters. The van der Waals surface area contributed by atoms with E-state index >= 15 is 0 Å². The second-order valence-corrected chi connectivity index (χ2v) is 7.86. The van der Waals surface area contributed by atoms with E-state index in [1.165, 1.54) is 31.0 Å². The van der Waals surface area contributed by atoms with E-state index in [9.17, 15) is 4.79 Å². The van der Waals surface area contributed by atoms with Crippen LogP contribution in [0.1, 0.15) is 38.1 Å². The lowest BCUT2D eigenvalue weighted by molar-refractivity contribution is -0.118. The molecule has 1 aliphatic rings. The minimum absolute atomic E-state index is 0.0410. The SMILES string of the molecule is C=CCNC(=O)CSc1nnc(-c2ccc(OC)c(OC)c2)n1C1CCCCC1. The monoisotopic (exact) mass is 416 g/mol. The zero-order valence-corrected chi connectivity index (χ0v) is 17.8. The molecule has 29 heavy (non-hydrogen) atoms. The van der Waals surface area contributed by atoms with Crippen molar-refractivity contribution in [3.8, 4) is 22.9 Å². The van der Waals surface area contributed by atoms with Crippen LogP contribution in [0.25, 0.3) is 11.4 Å². The van der Waals surface area contributed by atoms with Gasteiger partial charge < -0.3 is 14.8 Å². The topological polar surface area (TPSA) is 78.3 Å². The van der Waals surface area contributed by atoms with Crippen LogP contribution in [0.3, 0.4) is 0 Å².